The summed E-state index contributed by atoms with van der Waals surface area (Å²) in [5.74, 6) is -0.158. The van der Waals surface area contributed by atoms with Gasteiger partial charge in [-0.25, -0.2) is 4.57 Å². The van der Waals surface area contributed by atoms with E-state index in [1.807, 2.05) is 21.1 Å². The number of likely N-dealkylation sites (N-methyl/N-ethyl adjacent to an activating group) is 1. The van der Waals surface area contributed by atoms with E-state index >= 15 is 0 Å². The molecule has 0 bridgehead atoms. The summed E-state index contributed by atoms with van der Waals surface area (Å²) in [5, 5.41) is 13.8. The lowest BCUT2D eigenvalue weighted by atomic mass is 10.0. The standard InChI is InChI=1S/C35H71N2O6P/c1-6-8-10-12-14-16-18-19-21-23-25-27-29-35(39)36-33(32-43-44(40,41)42-31-30-37(3,4)5)34(38)28-26-24-22-20-17-15-13-11-9-7-2/h14,16,33-34,38H,6-13,15,17-32H2,1-5H3,(H-,36,39,40,41)/p+1/b16-14-. The van der Waals surface area contributed by atoms with Gasteiger partial charge >= 0.3 is 7.82 Å². The topological polar surface area (TPSA) is 105 Å². The molecule has 0 fully saturated rings. The molecule has 0 aliphatic rings. The van der Waals surface area contributed by atoms with Gasteiger partial charge in [0.15, 0.2) is 0 Å². The first kappa shape index (κ1) is 43.2. The molecule has 3 atom stereocenters. The van der Waals surface area contributed by atoms with Gasteiger partial charge in [-0.2, -0.15) is 0 Å². The molecular weight excluding hydrogens is 575 g/mol. The third kappa shape index (κ3) is 29.9. The van der Waals surface area contributed by atoms with Crippen molar-refractivity contribution in [3.63, 3.8) is 0 Å². The predicted molar refractivity (Wildman–Crippen MR) is 185 cm³/mol. The number of nitrogens with one attached hydrogen (secondary N) is 1. The van der Waals surface area contributed by atoms with Crippen molar-refractivity contribution < 1.29 is 32.9 Å². The molecule has 0 aliphatic carbocycles. The Morgan fingerprint density at radius 1 is 0.750 bits per heavy atom. The molecule has 1 amide bonds. The van der Waals surface area contributed by atoms with Crippen LogP contribution in [0, 0.1) is 0 Å². The van der Waals surface area contributed by atoms with Crippen molar-refractivity contribution in [3.05, 3.63) is 12.2 Å². The molecule has 0 radical (unpaired) electrons. The van der Waals surface area contributed by atoms with Crippen LogP contribution in [0.4, 0.5) is 0 Å². The number of amides is 1. The van der Waals surface area contributed by atoms with Crippen molar-refractivity contribution in [2.75, 3.05) is 40.9 Å². The molecule has 0 aromatic carbocycles. The quantitative estimate of drug-likeness (QED) is 0.0292. The number of hydrogen-bond donors (Lipinski definition) is 3. The highest BCUT2D eigenvalue weighted by Crippen LogP contribution is 2.43. The van der Waals surface area contributed by atoms with Gasteiger partial charge in [0, 0.05) is 6.42 Å². The Balaban J connectivity index is 4.52. The van der Waals surface area contributed by atoms with Gasteiger partial charge < -0.3 is 19.8 Å². The highest BCUT2D eigenvalue weighted by atomic mass is 31.2. The van der Waals surface area contributed by atoms with Crippen LogP contribution in [-0.4, -0.2) is 73.4 Å². The maximum absolute atomic E-state index is 12.7. The van der Waals surface area contributed by atoms with Crippen LogP contribution in [-0.2, 0) is 18.4 Å². The van der Waals surface area contributed by atoms with Gasteiger partial charge in [-0.15, -0.1) is 0 Å². The number of phosphoric ester groups is 1. The van der Waals surface area contributed by atoms with Gasteiger partial charge in [0.05, 0.1) is 39.9 Å². The van der Waals surface area contributed by atoms with Gasteiger partial charge in [0.1, 0.15) is 13.2 Å². The van der Waals surface area contributed by atoms with E-state index in [9.17, 15) is 19.4 Å². The van der Waals surface area contributed by atoms with Crippen LogP contribution in [0.25, 0.3) is 0 Å². The molecule has 8 nitrogen and oxygen atoms in total. The summed E-state index contributed by atoms with van der Waals surface area (Å²) in [7, 11) is 1.61. The van der Waals surface area contributed by atoms with Gasteiger partial charge in [0.25, 0.3) is 0 Å². The van der Waals surface area contributed by atoms with Crippen molar-refractivity contribution in [2.45, 2.75) is 167 Å². The number of aliphatic hydroxyl groups excluding tert-OH is 1. The summed E-state index contributed by atoms with van der Waals surface area (Å²) in [6.07, 6.45) is 28.0. The molecule has 0 aromatic heterocycles. The number of carbonyl (C=O) groups excluding carboxylic acids is 1. The highest BCUT2D eigenvalue weighted by Gasteiger charge is 2.28. The number of rotatable bonds is 32. The molecule has 0 rings (SSSR count). The molecule has 3 N–H and O–H groups in total. The summed E-state index contributed by atoms with van der Waals surface area (Å²) < 4.78 is 23.4. The van der Waals surface area contributed by atoms with Crippen molar-refractivity contribution in [3.8, 4) is 0 Å². The van der Waals surface area contributed by atoms with Crippen molar-refractivity contribution in [1.29, 1.82) is 0 Å². The Hall–Kier alpha value is -0.760. The van der Waals surface area contributed by atoms with Crippen LogP contribution >= 0.6 is 7.82 Å². The van der Waals surface area contributed by atoms with Gasteiger partial charge in [-0.05, 0) is 38.5 Å². The van der Waals surface area contributed by atoms with Gasteiger partial charge in [0.2, 0.25) is 5.91 Å². The molecule has 0 heterocycles. The minimum absolute atomic E-state index is 0.0741. The molecule has 0 aromatic rings. The van der Waals surface area contributed by atoms with E-state index in [1.54, 1.807) is 0 Å². The van der Waals surface area contributed by atoms with Crippen LogP contribution in [0.2, 0.25) is 0 Å². The van der Waals surface area contributed by atoms with E-state index < -0.39 is 20.0 Å². The van der Waals surface area contributed by atoms with Crippen molar-refractivity contribution in [1.82, 2.24) is 5.32 Å². The third-order valence-corrected chi connectivity index (χ3v) is 9.00. The van der Waals surface area contributed by atoms with Crippen molar-refractivity contribution >= 4 is 13.7 Å². The number of phosphoric acid groups is 1. The van der Waals surface area contributed by atoms with E-state index in [0.29, 0.717) is 23.9 Å². The number of nitrogens with zero attached hydrogens (tertiary/aromatic N) is 1. The lowest BCUT2D eigenvalue weighted by Crippen LogP contribution is -2.46. The second-order valence-corrected chi connectivity index (χ2v) is 15.1. The monoisotopic (exact) mass is 648 g/mol. The first-order chi connectivity index (χ1) is 21.0. The maximum atomic E-state index is 12.7. The van der Waals surface area contributed by atoms with Crippen LogP contribution in [0.5, 0.6) is 0 Å². The Bertz CT molecular complexity index is 743. The smallest absolute Gasteiger partial charge is 0.391 e. The molecule has 44 heavy (non-hydrogen) atoms. The van der Waals surface area contributed by atoms with Gasteiger partial charge in [-0.1, -0.05) is 122 Å². The zero-order chi connectivity index (χ0) is 32.9. The van der Waals surface area contributed by atoms with E-state index in [0.717, 1.165) is 51.4 Å². The zero-order valence-electron chi connectivity index (χ0n) is 29.4. The van der Waals surface area contributed by atoms with Crippen molar-refractivity contribution in [2.24, 2.45) is 0 Å². The van der Waals surface area contributed by atoms with E-state index in [1.165, 1.54) is 77.0 Å². The summed E-state index contributed by atoms with van der Waals surface area (Å²) in [6.45, 7) is 4.81. The number of allylic oxidation sites excluding steroid dienone is 2. The Labute approximate surface area is 272 Å². The third-order valence-electron chi connectivity index (χ3n) is 8.01. The zero-order valence-corrected chi connectivity index (χ0v) is 30.3. The molecule has 9 heteroatoms. The highest BCUT2D eigenvalue weighted by molar-refractivity contribution is 7.47. The Morgan fingerprint density at radius 3 is 1.80 bits per heavy atom. The van der Waals surface area contributed by atoms with Crippen LogP contribution < -0.4 is 5.32 Å². The molecule has 0 spiro atoms. The number of aliphatic hydroxyl groups is 1. The predicted octanol–water partition coefficient (Wildman–Crippen LogP) is 8.85. The number of hydrogen-bond acceptors (Lipinski definition) is 5. The lowest BCUT2D eigenvalue weighted by molar-refractivity contribution is -0.870. The van der Waals surface area contributed by atoms with Crippen LogP contribution in [0.1, 0.15) is 155 Å². The number of carbonyl (C=O) groups is 1. The van der Waals surface area contributed by atoms with E-state index in [-0.39, 0.29) is 19.1 Å². The van der Waals surface area contributed by atoms with E-state index in [2.05, 4.69) is 31.3 Å². The summed E-state index contributed by atoms with van der Waals surface area (Å²) >= 11 is 0. The minimum atomic E-state index is -4.30. The number of quaternary nitrogens is 1. The molecule has 262 valence electrons. The molecule has 0 aliphatic heterocycles. The second kappa shape index (κ2) is 28.5. The summed E-state index contributed by atoms with van der Waals surface area (Å²) in [5.41, 5.74) is 0. The second-order valence-electron chi connectivity index (χ2n) is 13.6. The SMILES string of the molecule is CCCCC/C=C\CCCCCCCC(=O)NC(COP(=O)(O)OCC[N+](C)(C)C)C(O)CCCCCCCCCCCC. The largest absolute Gasteiger partial charge is 0.472 e. The van der Waals surface area contributed by atoms with Crippen LogP contribution in [0.15, 0.2) is 12.2 Å². The lowest BCUT2D eigenvalue weighted by Gasteiger charge is -2.26. The first-order valence-electron chi connectivity index (χ1n) is 18.1. The fraction of sp³-hybridized carbons (Fsp3) is 0.914. The summed E-state index contributed by atoms with van der Waals surface area (Å²) in [4.78, 5) is 22.9. The molecular formula is C35H72N2O6P+. The number of unbranched alkanes of at least 4 members (excludes halogenated alkanes) is 17. The van der Waals surface area contributed by atoms with E-state index in [4.69, 9.17) is 9.05 Å². The minimum Gasteiger partial charge on any atom is -0.391 e. The molecule has 0 saturated heterocycles. The molecule has 3 unspecified atom stereocenters. The average molecular weight is 648 g/mol. The summed E-state index contributed by atoms with van der Waals surface area (Å²) in [6, 6.07) is -0.757. The Morgan fingerprint density at radius 2 is 1.23 bits per heavy atom. The maximum Gasteiger partial charge on any atom is 0.472 e. The Kier molecular flexibility index (Phi) is 28.0. The molecule has 0 saturated carbocycles. The average Bonchev–Trinajstić information content (AvgIpc) is 2.95. The van der Waals surface area contributed by atoms with Gasteiger partial charge in [-0.3, -0.25) is 13.8 Å². The fourth-order valence-electron chi connectivity index (χ4n) is 5.04. The first-order valence-corrected chi connectivity index (χ1v) is 19.5. The fourth-order valence-corrected chi connectivity index (χ4v) is 5.77. The van der Waals surface area contributed by atoms with Crippen LogP contribution in [0.3, 0.4) is 0 Å². The normalized spacial score (nSPS) is 15.0.